The Kier molecular flexibility index (Phi) is 5.54. The van der Waals surface area contributed by atoms with Crippen molar-refractivity contribution in [3.8, 4) is 0 Å². The Labute approximate surface area is 120 Å². The monoisotopic (exact) mass is 285 g/mol. The lowest BCUT2D eigenvalue weighted by molar-refractivity contribution is -0.122. The highest BCUT2D eigenvalue weighted by Gasteiger charge is 2.38. The molecular formula is C14H27N3OS. The molecule has 2 rings (SSSR count). The summed E-state index contributed by atoms with van der Waals surface area (Å²) in [6.45, 7) is 4.86. The van der Waals surface area contributed by atoms with E-state index in [0.717, 1.165) is 6.54 Å². The second-order valence-electron chi connectivity index (χ2n) is 5.89. The Morgan fingerprint density at radius 1 is 1.32 bits per heavy atom. The maximum atomic E-state index is 11.8. The molecular weight excluding hydrogens is 258 g/mol. The second-order valence-corrected chi connectivity index (χ2v) is 7.12. The molecule has 0 aromatic heterocycles. The van der Waals surface area contributed by atoms with Crippen LogP contribution < -0.4 is 11.1 Å². The lowest BCUT2D eigenvalue weighted by Crippen LogP contribution is -2.59. The number of nitrogens with zero attached hydrogens (tertiary/aromatic N) is 1. The van der Waals surface area contributed by atoms with Gasteiger partial charge in [-0.2, -0.15) is 11.8 Å². The van der Waals surface area contributed by atoms with Crippen LogP contribution >= 0.6 is 11.8 Å². The predicted molar refractivity (Wildman–Crippen MR) is 81.4 cm³/mol. The maximum Gasteiger partial charge on any atom is 0.236 e. The van der Waals surface area contributed by atoms with Crippen LogP contribution in [0.25, 0.3) is 0 Å². The molecule has 5 heteroatoms. The summed E-state index contributed by atoms with van der Waals surface area (Å²) in [5, 5.41) is 3.08. The zero-order chi connectivity index (χ0) is 13.7. The summed E-state index contributed by atoms with van der Waals surface area (Å²) in [6.07, 6.45) is 6.36. The molecule has 1 heterocycles. The lowest BCUT2D eigenvalue weighted by atomic mass is 9.80. The molecule has 1 atom stereocenters. The van der Waals surface area contributed by atoms with Crippen LogP contribution in [-0.4, -0.2) is 53.5 Å². The SMILES string of the molecule is C[C@@H](N)C(=O)NCC1(N2CCSCC2)CCCCC1. The highest BCUT2D eigenvalue weighted by atomic mass is 32.2. The third-order valence-corrected chi connectivity index (χ3v) is 5.41. The zero-order valence-corrected chi connectivity index (χ0v) is 12.8. The van der Waals surface area contributed by atoms with E-state index in [9.17, 15) is 4.79 Å². The van der Waals surface area contributed by atoms with Gasteiger partial charge in [-0.05, 0) is 19.8 Å². The molecule has 1 amide bonds. The standard InChI is InChI=1S/C14H27N3OS/c1-12(15)13(18)16-11-14(5-3-2-4-6-14)17-7-9-19-10-8-17/h12H,2-11,15H2,1H3,(H,16,18)/t12-/m1/s1. The molecule has 1 aliphatic carbocycles. The van der Waals surface area contributed by atoms with E-state index in [1.54, 1.807) is 6.92 Å². The Morgan fingerprint density at radius 2 is 1.95 bits per heavy atom. The van der Waals surface area contributed by atoms with Crippen LogP contribution in [0.5, 0.6) is 0 Å². The number of rotatable bonds is 4. The first-order chi connectivity index (χ1) is 9.14. The van der Waals surface area contributed by atoms with E-state index in [1.807, 2.05) is 11.8 Å². The summed E-state index contributed by atoms with van der Waals surface area (Å²) in [6, 6.07) is -0.405. The number of hydrogen-bond donors (Lipinski definition) is 2. The van der Waals surface area contributed by atoms with Crippen molar-refractivity contribution in [1.29, 1.82) is 0 Å². The van der Waals surface area contributed by atoms with Gasteiger partial charge in [0.2, 0.25) is 5.91 Å². The second kappa shape index (κ2) is 6.95. The summed E-state index contributed by atoms with van der Waals surface area (Å²) >= 11 is 2.04. The van der Waals surface area contributed by atoms with Gasteiger partial charge in [-0.1, -0.05) is 19.3 Å². The predicted octanol–water partition coefficient (Wildman–Crippen LogP) is 1.20. The normalized spacial score (nSPS) is 25.8. The largest absolute Gasteiger partial charge is 0.353 e. The summed E-state index contributed by atoms with van der Waals surface area (Å²) in [4.78, 5) is 14.4. The molecule has 2 fully saturated rings. The summed E-state index contributed by atoms with van der Waals surface area (Å²) in [5.74, 6) is 2.43. The van der Waals surface area contributed by atoms with Crippen LogP contribution in [0.2, 0.25) is 0 Å². The number of nitrogens with one attached hydrogen (secondary N) is 1. The molecule has 2 aliphatic rings. The molecule has 0 radical (unpaired) electrons. The fourth-order valence-corrected chi connectivity index (χ4v) is 4.17. The minimum atomic E-state index is -0.405. The number of carbonyl (C=O) groups is 1. The van der Waals surface area contributed by atoms with Crippen molar-refractivity contribution in [3.63, 3.8) is 0 Å². The van der Waals surface area contributed by atoms with Crippen LogP contribution in [0.3, 0.4) is 0 Å². The quantitative estimate of drug-likeness (QED) is 0.815. The number of nitrogens with two attached hydrogens (primary N) is 1. The summed E-state index contributed by atoms with van der Waals surface area (Å²) in [7, 11) is 0. The van der Waals surface area contributed by atoms with Gasteiger partial charge in [-0.3, -0.25) is 9.69 Å². The highest BCUT2D eigenvalue weighted by Crippen LogP contribution is 2.34. The fraction of sp³-hybridized carbons (Fsp3) is 0.929. The molecule has 0 aromatic rings. The average molecular weight is 285 g/mol. The lowest BCUT2D eigenvalue weighted by Gasteiger charge is -2.48. The van der Waals surface area contributed by atoms with Crippen molar-refractivity contribution < 1.29 is 4.79 Å². The van der Waals surface area contributed by atoms with Gasteiger partial charge in [-0.25, -0.2) is 0 Å². The first-order valence-corrected chi connectivity index (χ1v) is 8.66. The number of amides is 1. The minimum Gasteiger partial charge on any atom is -0.353 e. The van der Waals surface area contributed by atoms with Crippen molar-refractivity contribution in [2.75, 3.05) is 31.1 Å². The average Bonchev–Trinajstić information content (AvgIpc) is 2.46. The Hall–Kier alpha value is -0.260. The van der Waals surface area contributed by atoms with Crippen LogP contribution in [0.15, 0.2) is 0 Å². The maximum absolute atomic E-state index is 11.8. The first kappa shape index (κ1) is 15.1. The van der Waals surface area contributed by atoms with E-state index in [-0.39, 0.29) is 11.4 Å². The molecule has 1 aliphatic heterocycles. The van der Waals surface area contributed by atoms with Gasteiger partial charge >= 0.3 is 0 Å². The van der Waals surface area contributed by atoms with Gasteiger partial charge in [-0.15, -0.1) is 0 Å². The minimum absolute atomic E-state index is 0.0173. The highest BCUT2D eigenvalue weighted by molar-refractivity contribution is 7.99. The van der Waals surface area contributed by atoms with Crippen molar-refractivity contribution in [1.82, 2.24) is 10.2 Å². The molecule has 0 unspecified atom stereocenters. The van der Waals surface area contributed by atoms with Crippen LogP contribution in [0, 0.1) is 0 Å². The van der Waals surface area contributed by atoms with Crippen LogP contribution in [-0.2, 0) is 4.79 Å². The van der Waals surface area contributed by atoms with Gasteiger partial charge in [0, 0.05) is 36.7 Å². The topological polar surface area (TPSA) is 58.4 Å². The van der Waals surface area contributed by atoms with Crippen molar-refractivity contribution in [2.24, 2.45) is 5.73 Å². The van der Waals surface area contributed by atoms with Gasteiger partial charge in [0.15, 0.2) is 0 Å². The summed E-state index contributed by atoms with van der Waals surface area (Å²) in [5.41, 5.74) is 5.84. The molecule has 1 saturated carbocycles. The number of thioether (sulfide) groups is 1. The van der Waals surface area contributed by atoms with Crippen molar-refractivity contribution in [2.45, 2.75) is 50.6 Å². The Morgan fingerprint density at radius 3 is 2.53 bits per heavy atom. The van der Waals surface area contributed by atoms with Gasteiger partial charge in [0.05, 0.1) is 6.04 Å². The third-order valence-electron chi connectivity index (χ3n) is 4.47. The molecule has 3 N–H and O–H groups in total. The molecule has 0 aromatic carbocycles. The number of hydrogen-bond acceptors (Lipinski definition) is 4. The molecule has 19 heavy (non-hydrogen) atoms. The zero-order valence-electron chi connectivity index (χ0n) is 12.0. The molecule has 1 saturated heterocycles. The van der Waals surface area contributed by atoms with E-state index in [2.05, 4.69) is 10.2 Å². The Bertz CT molecular complexity index is 297. The van der Waals surface area contributed by atoms with E-state index in [1.165, 1.54) is 56.7 Å². The smallest absolute Gasteiger partial charge is 0.236 e. The molecule has 0 spiro atoms. The van der Waals surface area contributed by atoms with Crippen molar-refractivity contribution >= 4 is 17.7 Å². The van der Waals surface area contributed by atoms with E-state index in [4.69, 9.17) is 5.73 Å². The van der Waals surface area contributed by atoms with Crippen molar-refractivity contribution in [3.05, 3.63) is 0 Å². The summed E-state index contributed by atoms with van der Waals surface area (Å²) < 4.78 is 0. The first-order valence-electron chi connectivity index (χ1n) is 7.50. The van der Waals surface area contributed by atoms with E-state index in [0.29, 0.717) is 0 Å². The van der Waals surface area contributed by atoms with Gasteiger partial charge < -0.3 is 11.1 Å². The van der Waals surface area contributed by atoms with Crippen LogP contribution in [0.1, 0.15) is 39.0 Å². The van der Waals surface area contributed by atoms with Gasteiger partial charge in [0.1, 0.15) is 0 Å². The van der Waals surface area contributed by atoms with E-state index >= 15 is 0 Å². The van der Waals surface area contributed by atoms with Crippen LogP contribution in [0.4, 0.5) is 0 Å². The molecule has 110 valence electrons. The van der Waals surface area contributed by atoms with Gasteiger partial charge in [0.25, 0.3) is 0 Å². The van der Waals surface area contributed by atoms with E-state index < -0.39 is 6.04 Å². The molecule has 4 nitrogen and oxygen atoms in total. The number of carbonyl (C=O) groups excluding carboxylic acids is 1. The fourth-order valence-electron chi connectivity index (χ4n) is 3.27. The third kappa shape index (κ3) is 3.86. The Balaban J connectivity index is 1.99. The molecule has 0 bridgehead atoms.